The Kier molecular flexibility index (Phi) is 5.96. The molecular formula is C22H35N7+2. The van der Waals surface area contributed by atoms with E-state index in [0.717, 1.165) is 24.7 Å². The topological polar surface area (TPSA) is 40.0 Å². The third-order valence-electron chi connectivity index (χ3n) is 6.73. The molecule has 1 aromatic carbocycles. The Hall–Kier alpha value is -2.25. The van der Waals surface area contributed by atoms with Crippen LogP contribution in [0.15, 0.2) is 46.9 Å². The van der Waals surface area contributed by atoms with E-state index in [2.05, 4.69) is 51.2 Å². The molecule has 7 nitrogen and oxygen atoms in total. The van der Waals surface area contributed by atoms with Crippen LogP contribution in [0.2, 0.25) is 0 Å². The van der Waals surface area contributed by atoms with Gasteiger partial charge in [0.25, 0.3) is 0 Å². The second-order valence-corrected chi connectivity index (χ2v) is 8.55. The number of benzene rings is 1. The number of anilines is 1. The van der Waals surface area contributed by atoms with Gasteiger partial charge < -0.3 is 9.38 Å². The third-order valence-corrected chi connectivity index (χ3v) is 6.73. The van der Waals surface area contributed by atoms with Gasteiger partial charge in [0.05, 0.1) is 52.7 Å². The van der Waals surface area contributed by atoms with Gasteiger partial charge in [-0.25, -0.2) is 9.13 Å². The minimum Gasteiger partial charge on any atom is -0.372 e. The number of azo groups is 1. The maximum absolute atomic E-state index is 4.40. The SMILES string of the molecule is CCN(CCC[N+]12CCN(CC1)CC2)c1ccc(/N=N/c2n(C)cc[n+]2C)cc1. The standard InChI is InChI=1S/C22H35N7/c1-4-28(10-5-16-29-17-13-27(14-18-29)15-19-29)21-8-6-20(7-9-21)23-24-22-25(2)11-12-26(22)3/h6-9,11-12H,4-5,10,13-19H2,1-3H3/q+2. The quantitative estimate of drug-likeness (QED) is 0.390. The summed E-state index contributed by atoms with van der Waals surface area (Å²) in [5.74, 6) is 0.829. The van der Waals surface area contributed by atoms with Crippen LogP contribution in [0.25, 0.3) is 0 Å². The van der Waals surface area contributed by atoms with Crippen molar-refractivity contribution in [2.45, 2.75) is 13.3 Å². The predicted molar refractivity (Wildman–Crippen MR) is 116 cm³/mol. The summed E-state index contributed by atoms with van der Waals surface area (Å²) in [6.45, 7) is 13.7. The maximum Gasteiger partial charge on any atom is 0.421 e. The van der Waals surface area contributed by atoms with E-state index in [0.29, 0.717) is 0 Å². The highest BCUT2D eigenvalue weighted by Crippen LogP contribution is 2.23. The van der Waals surface area contributed by atoms with Crippen molar-refractivity contribution in [1.29, 1.82) is 0 Å². The minimum absolute atomic E-state index is 0.829. The second-order valence-electron chi connectivity index (χ2n) is 8.55. The number of aromatic nitrogens is 2. The largest absolute Gasteiger partial charge is 0.421 e. The van der Waals surface area contributed by atoms with Crippen molar-refractivity contribution in [1.82, 2.24) is 9.47 Å². The Balaban J connectivity index is 1.33. The molecule has 4 heterocycles. The zero-order valence-electron chi connectivity index (χ0n) is 18.2. The monoisotopic (exact) mass is 397 g/mol. The summed E-state index contributed by atoms with van der Waals surface area (Å²) in [6, 6.07) is 8.48. The highest BCUT2D eigenvalue weighted by atomic mass is 15.5. The summed E-state index contributed by atoms with van der Waals surface area (Å²) in [5.41, 5.74) is 2.16. The fourth-order valence-electron chi connectivity index (χ4n) is 4.69. The second kappa shape index (κ2) is 8.63. The van der Waals surface area contributed by atoms with E-state index in [1.807, 2.05) is 35.6 Å². The number of hydrogen-bond acceptors (Lipinski definition) is 4. The zero-order valence-corrected chi connectivity index (χ0v) is 18.2. The normalized spacial score (nSPS) is 23.8. The van der Waals surface area contributed by atoms with E-state index >= 15 is 0 Å². The lowest BCUT2D eigenvalue weighted by molar-refractivity contribution is -0.941. The van der Waals surface area contributed by atoms with Crippen LogP contribution >= 0.6 is 0 Å². The Morgan fingerprint density at radius 1 is 1.07 bits per heavy atom. The summed E-state index contributed by atoms with van der Waals surface area (Å²) in [4.78, 5) is 5.10. The first-order valence-corrected chi connectivity index (χ1v) is 10.9. The van der Waals surface area contributed by atoms with E-state index in [-0.39, 0.29) is 0 Å². The molecule has 3 fully saturated rings. The highest BCUT2D eigenvalue weighted by molar-refractivity contribution is 5.52. The fourth-order valence-corrected chi connectivity index (χ4v) is 4.69. The van der Waals surface area contributed by atoms with Gasteiger partial charge in [-0.1, -0.05) is 5.11 Å². The van der Waals surface area contributed by atoms with E-state index in [1.54, 1.807) is 0 Å². The molecule has 0 saturated carbocycles. The summed E-state index contributed by atoms with van der Waals surface area (Å²) in [5, 5.41) is 8.79. The Morgan fingerprint density at radius 2 is 1.76 bits per heavy atom. The molecule has 0 atom stereocenters. The van der Waals surface area contributed by atoms with E-state index in [4.69, 9.17) is 0 Å². The molecule has 3 aliphatic heterocycles. The molecule has 0 amide bonds. The Morgan fingerprint density at radius 3 is 2.34 bits per heavy atom. The third kappa shape index (κ3) is 4.51. The molecule has 156 valence electrons. The number of fused-ring (bicyclic) bond motifs is 3. The lowest BCUT2D eigenvalue weighted by Gasteiger charge is -2.50. The highest BCUT2D eigenvalue weighted by Gasteiger charge is 2.37. The van der Waals surface area contributed by atoms with Crippen LogP contribution in [0.1, 0.15) is 13.3 Å². The van der Waals surface area contributed by atoms with Crippen molar-refractivity contribution >= 4 is 17.3 Å². The molecule has 2 bridgehead atoms. The summed E-state index contributed by atoms with van der Waals surface area (Å²) in [6.07, 6.45) is 5.22. The van der Waals surface area contributed by atoms with E-state index in [1.165, 1.54) is 62.4 Å². The van der Waals surface area contributed by atoms with Crippen molar-refractivity contribution in [2.75, 3.05) is 63.8 Å². The predicted octanol–water partition coefficient (Wildman–Crippen LogP) is 2.63. The van der Waals surface area contributed by atoms with Crippen molar-refractivity contribution < 1.29 is 9.05 Å². The maximum atomic E-state index is 4.40. The molecule has 0 radical (unpaired) electrons. The van der Waals surface area contributed by atoms with Crippen LogP contribution in [-0.4, -0.2) is 72.9 Å². The van der Waals surface area contributed by atoms with Crippen molar-refractivity contribution in [3.63, 3.8) is 0 Å². The van der Waals surface area contributed by atoms with E-state index in [9.17, 15) is 0 Å². The molecule has 3 saturated heterocycles. The molecule has 7 heteroatoms. The Labute approximate surface area is 174 Å². The van der Waals surface area contributed by atoms with Gasteiger partial charge in [0.1, 0.15) is 5.69 Å². The number of aryl methyl sites for hydroxylation is 2. The first-order chi connectivity index (χ1) is 14.1. The molecule has 3 aliphatic rings. The molecule has 0 N–H and O–H groups in total. The van der Waals surface area contributed by atoms with Gasteiger partial charge in [-0.2, -0.15) is 0 Å². The molecule has 5 rings (SSSR count). The molecule has 2 aromatic rings. The van der Waals surface area contributed by atoms with Crippen LogP contribution in [0.5, 0.6) is 0 Å². The molecule has 0 aliphatic carbocycles. The number of imidazole rings is 1. The first kappa shape index (κ1) is 20.0. The van der Waals surface area contributed by atoms with Gasteiger partial charge in [0, 0.05) is 49.9 Å². The lowest BCUT2D eigenvalue weighted by Crippen LogP contribution is -2.67. The first-order valence-electron chi connectivity index (χ1n) is 10.9. The lowest BCUT2D eigenvalue weighted by atomic mass is 10.1. The summed E-state index contributed by atoms with van der Waals surface area (Å²) in [7, 11) is 3.96. The van der Waals surface area contributed by atoms with Gasteiger partial charge in [0.15, 0.2) is 0 Å². The van der Waals surface area contributed by atoms with Crippen LogP contribution in [-0.2, 0) is 14.1 Å². The zero-order chi connectivity index (χ0) is 20.3. The number of nitrogens with zero attached hydrogens (tertiary/aromatic N) is 7. The van der Waals surface area contributed by atoms with Crippen LogP contribution in [0.3, 0.4) is 0 Å². The Bertz CT molecular complexity index is 798. The van der Waals surface area contributed by atoms with Gasteiger partial charge in [-0.05, 0) is 31.2 Å². The smallest absolute Gasteiger partial charge is 0.372 e. The van der Waals surface area contributed by atoms with E-state index < -0.39 is 0 Å². The van der Waals surface area contributed by atoms with Gasteiger partial charge in [0.2, 0.25) is 0 Å². The average Bonchev–Trinajstić information content (AvgIpc) is 3.09. The van der Waals surface area contributed by atoms with Crippen LogP contribution in [0, 0.1) is 0 Å². The number of rotatable bonds is 8. The van der Waals surface area contributed by atoms with Crippen molar-refractivity contribution in [2.24, 2.45) is 24.3 Å². The van der Waals surface area contributed by atoms with Crippen molar-refractivity contribution in [3.05, 3.63) is 36.7 Å². The van der Waals surface area contributed by atoms with Gasteiger partial charge in [-0.3, -0.25) is 4.90 Å². The molecule has 1 aromatic heterocycles. The van der Waals surface area contributed by atoms with Crippen molar-refractivity contribution in [3.8, 4) is 0 Å². The van der Waals surface area contributed by atoms with Crippen LogP contribution < -0.4 is 9.47 Å². The summed E-state index contributed by atoms with van der Waals surface area (Å²) >= 11 is 0. The number of hydrogen-bond donors (Lipinski definition) is 0. The molecular weight excluding hydrogens is 362 g/mol. The number of piperazine rings is 3. The minimum atomic E-state index is 0.829. The fraction of sp³-hybridized carbons (Fsp3) is 0.591. The molecule has 0 unspecified atom stereocenters. The van der Waals surface area contributed by atoms with Gasteiger partial charge in [-0.15, -0.1) is 0 Å². The number of quaternary nitrogens is 1. The summed E-state index contributed by atoms with van der Waals surface area (Å²) < 4.78 is 5.28. The molecule has 29 heavy (non-hydrogen) atoms. The van der Waals surface area contributed by atoms with Crippen LogP contribution in [0.4, 0.5) is 17.3 Å². The average molecular weight is 398 g/mol. The molecule has 0 spiro atoms. The van der Waals surface area contributed by atoms with Gasteiger partial charge >= 0.3 is 5.95 Å².